The summed E-state index contributed by atoms with van der Waals surface area (Å²) < 4.78 is 0. The summed E-state index contributed by atoms with van der Waals surface area (Å²) >= 11 is 0. The Morgan fingerprint density at radius 3 is 1.33 bits per heavy atom. The molecule has 0 saturated heterocycles. The third-order valence-corrected chi connectivity index (χ3v) is 3.83. The second-order valence-corrected chi connectivity index (χ2v) is 9.62. The van der Waals surface area contributed by atoms with Gasteiger partial charge >= 0.3 is 0 Å². The van der Waals surface area contributed by atoms with Crippen molar-refractivity contribution in [2.75, 3.05) is 7.05 Å². The third-order valence-electron chi connectivity index (χ3n) is 3.83. The van der Waals surface area contributed by atoms with Crippen LogP contribution < -0.4 is 0 Å². The Morgan fingerprint density at radius 1 is 0.667 bits per heavy atom. The lowest BCUT2D eigenvalue weighted by molar-refractivity contribution is 0.0152. The molecule has 0 saturated carbocycles. The summed E-state index contributed by atoms with van der Waals surface area (Å²) in [4.78, 5) is 2.52. The van der Waals surface area contributed by atoms with Crippen LogP contribution >= 0.6 is 0 Å². The summed E-state index contributed by atoms with van der Waals surface area (Å²) in [6.45, 7) is 23.5. The van der Waals surface area contributed by atoms with Gasteiger partial charge in [-0.15, -0.1) is 0 Å². The Bertz CT molecular complexity index is 260. The van der Waals surface area contributed by atoms with E-state index < -0.39 is 0 Å². The van der Waals surface area contributed by atoms with Crippen molar-refractivity contribution in [3.8, 4) is 0 Å². The minimum atomic E-state index is 0.224. The average molecular weight is 255 g/mol. The Labute approximate surface area is 116 Å². The molecule has 0 aromatic rings. The van der Waals surface area contributed by atoms with E-state index in [1.807, 2.05) is 0 Å². The van der Waals surface area contributed by atoms with Crippen LogP contribution in [0.1, 0.15) is 82.1 Å². The molecule has 1 nitrogen and oxygen atoms in total. The topological polar surface area (TPSA) is 3.24 Å². The monoisotopic (exact) mass is 255 g/mol. The maximum atomic E-state index is 2.52. The normalized spacial score (nSPS) is 15.3. The first kappa shape index (κ1) is 18.0. The predicted octanol–water partition coefficient (Wildman–Crippen LogP) is 5.35. The van der Waals surface area contributed by atoms with Gasteiger partial charge in [-0.1, -0.05) is 34.6 Å². The highest BCUT2D eigenvalue weighted by atomic mass is 15.2. The summed E-state index contributed by atoms with van der Waals surface area (Å²) in [7, 11) is 2.26. The molecule has 0 aromatic heterocycles. The second-order valence-electron chi connectivity index (χ2n) is 9.62. The Morgan fingerprint density at radius 2 is 1.06 bits per heavy atom. The molecular weight excluding hydrogens is 218 g/mol. The van der Waals surface area contributed by atoms with E-state index in [4.69, 9.17) is 0 Å². The van der Waals surface area contributed by atoms with Gasteiger partial charge in [-0.2, -0.15) is 0 Å². The zero-order chi connectivity index (χ0) is 15.0. The summed E-state index contributed by atoms with van der Waals surface area (Å²) in [5.41, 5.74) is 1.23. The highest BCUT2D eigenvalue weighted by Gasteiger charge is 2.37. The first-order valence-corrected chi connectivity index (χ1v) is 7.31. The minimum absolute atomic E-state index is 0.224. The zero-order valence-corrected chi connectivity index (χ0v) is 14.9. The average Bonchev–Trinajstić information content (AvgIpc) is 1.93. The fourth-order valence-electron chi connectivity index (χ4n) is 3.70. The van der Waals surface area contributed by atoms with Gasteiger partial charge in [-0.05, 0) is 65.3 Å². The quantitative estimate of drug-likeness (QED) is 0.654. The molecule has 0 aromatic carbocycles. The number of hydrogen-bond acceptors (Lipinski definition) is 1. The molecule has 0 amide bonds. The third kappa shape index (κ3) is 6.22. The van der Waals surface area contributed by atoms with E-state index in [0.29, 0.717) is 10.8 Å². The van der Waals surface area contributed by atoms with Crippen molar-refractivity contribution in [2.24, 2.45) is 10.8 Å². The van der Waals surface area contributed by atoms with Crippen LogP contribution in [0.5, 0.6) is 0 Å². The standard InChI is InChI=1S/C17H37N/c1-14(2,3)12-16(7,8)13-17(9,10)18(11)15(4,5)6/h12-13H2,1-11H3. The first-order valence-electron chi connectivity index (χ1n) is 7.31. The van der Waals surface area contributed by atoms with Crippen LogP contribution in [0.2, 0.25) is 0 Å². The van der Waals surface area contributed by atoms with Gasteiger partial charge in [0, 0.05) is 11.1 Å². The van der Waals surface area contributed by atoms with E-state index in [9.17, 15) is 0 Å². The zero-order valence-electron chi connectivity index (χ0n) is 14.9. The number of nitrogens with zero attached hydrogens (tertiary/aromatic N) is 1. The lowest BCUT2D eigenvalue weighted by Gasteiger charge is -2.48. The maximum absolute atomic E-state index is 2.52. The molecule has 0 spiro atoms. The number of hydrogen-bond donors (Lipinski definition) is 0. The lowest BCUT2D eigenvalue weighted by atomic mass is 9.70. The molecule has 18 heavy (non-hydrogen) atoms. The smallest absolute Gasteiger partial charge is 0.0160 e. The molecule has 110 valence electrons. The Balaban J connectivity index is 4.86. The first-order chi connectivity index (χ1) is 7.57. The van der Waals surface area contributed by atoms with Gasteiger partial charge < -0.3 is 0 Å². The summed E-state index contributed by atoms with van der Waals surface area (Å²) in [6, 6.07) is 0. The van der Waals surface area contributed by atoms with E-state index in [-0.39, 0.29) is 11.1 Å². The SMILES string of the molecule is CN(C(C)(C)C)C(C)(C)CC(C)(C)CC(C)(C)C. The lowest BCUT2D eigenvalue weighted by Crippen LogP contribution is -2.53. The van der Waals surface area contributed by atoms with E-state index in [2.05, 4.69) is 81.2 Å². The molecular formula is C17H37N. The van der Waals surface area contributed by atoms with E-state index in [0.717, 1.165) is 0 Å². The molecule has 0 heterocycles. The van der Waals surface area contributed by atoms with Gasteiger partial charge in [0.25, 0.3) is 0 Å². The second kappa shape index (κ2) is 5.15. The van der Waals surface area contributed by atoms with Gasteiger partial charge in [0.15, 0.2) is 0 Å². The van der Waals surface area contributed by atoms with Crippen LogP contribution in [0.25, 0.3) is 0 Å². The van der Waals surface area contributed by atoms with E-state index in [1.165, 1.54) is 12.8 Å². The predicted molar refractivity (Wildman–Crippen MR) is 84.1 cm³/mol. The molecule has 0 bridgehead atoms. The molecule has 0 fully saturated rings. The van der Waals surface area contributed by atoms with Gasteiger partial charge in [0.05, 0.1) is 0 Å². The van der Waals surface area contributed by atoms with Gasteiger partial charge in [-0.25, -0.2) is 0 Å². The van der Waals surface area contributed by atoms with Crippen molar-refractivity contribution in [3.63, 3.8) is 0 Å². The molecule has 0 N–H and O–H groups in total. The Kier molecular flexibility index (Phi) is 5.14. The van der Waals surface area contributed by atoms with Gasteiger partial charge in [0.1, 0.15) is 0 Å². The van der Waals surface area contributed by atoms with Crippen LogP contribution in [-0.2, 0) is 0 Å². The highest BCUT2D eigenvalue weighted by Crippen LogP contribution is 2.41. The minimum Gasteiger partial charge on any atom is -0.296 e. The molecule has 0 rings (SSSR count). The van der Waals surface area contributed by atoms with Crippen LogP contribution in [0.4, 0.5) is 0 Å². The van der Waals surface area contributed by atoms with Crippen molar-refractivity contribution in [2.45, 2.75) is 93.2 Å². The molecule has 0 unspecified atom stereocenters. The fourth-order valence-corrected chi connectivity index (χ4v) is 3.70. The molecule has 0 aliphatic heterocycles. The van der Waals surface area contributed by atoms with Crippen molar-refractivity contribution >= 4 is 0 Å². The van der Waals surface area contributed by atoms with Crippen molar-refractivity contribution < 1.29 is 0 Å². The maximum Gasteiger partial charge on any atom is 0.0160 e. The largest absolute Gasteiger partial charge is 0.296 e. The molecule has 1 heteroatoms. The van der Waals surface area contributed by atoms with Gasteiger partial charge in [0.2, 0.25) is 0 Å². The van der Waals surface area contributed by atoms with E-state index in [1.54, 1.807) is 0 Å². The van der Waals surface area contributed by atoms with Crippen LogP contribution in [-0.4, -0.2) is 23.0 Å². The van der Waals surface area contributed by atoms with Crippen LogP contribution in [0, 0.1) is 10.8 Å². The fraction of sp³-hybridized carbons (Fsp3) is 1.00. The Hall–Kier alpha value is -0.0400. The van der Waals surface area contributed by atoms with E-state index >= 15 is 0 Å². The summed E-state index contributed by atoms with van der Waals surface area (Å²) in [6.07, 6.45) is 2.49. The molecule has 0 atom stereocenters. The van der Waals surface area contributed by atoms with Crippen molar-refractivity contribution in [1.82, 2.24) is 4.90 Å². The highest BCUT2D eigenvalue weighted by molar-refractivity contribution is 4.92. The molecule has 0 aliphatic rings. The summed E-state index contributed by atoms with van der Waals surface area (Å²) in [5, 5.41) is 0. The molecule has 0 aliphatic carbocycles. The molecule has 0 radical (unpaired) electrons. The number of rotatable bonds is 4. The van der Waals surface area contributed by atoms with Crippen LogP contribution in [0.3, 0.4) is 0 Å². The van der Waals surface area contributed by atoms with Crippen LogP contribution in [0.15, 0.2) is 0 Å². The summed E-state index contributed by atoms with van der Waals surface area (Å²) in [5.74, 6) is 0. The van der Waals surface area contributed by atoms with Crippen molar-refractivity contribution in [1.29, 1.82) is 0 Å². The van der Waals surface area contributed by atoms with Gasteiger partial charge in [-0.3, -0.25) is 4.90 Å². The van der Waals surface area contributed by atoms with Crippen molar-refractivity contribution in [3.05, 3.63) is 0 Å².